The molecule has 0 aliphatic carbocycles. The van der Waals surface area contributed by atoms with Crippen LogP contribution in [0.25, 0.3) is 0 Å². The van der Waals surface area contributed by atoms with Crippen molar-refractivity contribution in [3.8, 4) is 0 Å². The fourth-order valence-corrected chi connectivity index (χ4v) is 1.74. The maximum Gasteiger partial charge on any atom is 0.0370 e. The van der Waals surface area contributed by atoms with Crippen LogP contribution in [0.1, 0.15) is 25.0 Å². The molecule has 1 aromatic rings. The lowest BCUT2D eigenvalue weighted by atomic mass is 10.1. The van der Waals surface area contributed by atoms with Crippen LogP contribution in [0.5, 0.6) is 0 Å². The van der Waals surface area contributed by atoms with Crippen molar-refractivity contribution in [2.45, 2.75) is 27.3 Å². The molecule has 2 heteroatoms. The number of aryl methyl sites for hydroxylation is 1. The molecule has 0 amide bonds. The molecule has 0 radical (unpaired) electrons. The topological polar surface area (TPSA) is 15.3 Å². The Morgan fingerprint density at radius 1 is 1.20 bits per heavy atom. The predicted molar refractivity (Wildman–Crippen MR) is 67.4 cm³/mol. The number of anilines is 1. The number of benzene rings is 1. The third kappa shape index (κ3) is 3.24. The third-order valence-corrected chi connectivity index (χ3v) is 2.87. The molecule has 0 aliphatic heterocycles. The van der Waals surface area contributed by atoms with Gasteiger partial charge in [-0.25, -0.2) is 0 Å². The van der Waals surface area contributed by atoms with E-state index in [4.69, 9.17) is 0 Å². The van der Waals surface area contributed by atoms with Crippen LogP contribution in [0, 0.1) is 6.92 Å². The molecule has 0 atom stereocenters. The van der Waals surface area contributed by atoms with Gasteiger partial charge in [-0.3, -0.25) is 4.90 Å². The van der Waals surface area contributed by atoms with Crippen molar-refractivity contribution in [3.63, 3.8) is 0 Å². The lowest BCUT2D eigenvalue weighted by molar-refractivity contribution is 0.296. The first-order valence-electron chi connectivity index (χ1n) is 5.70. The van der Waals surface area contributed by atoms with Crippen molar-refractivity contribution in [1.82, 2.24) is 4.90 Å². The van der Waals surface area contributed by atoms with Gasteiger partial charge in [0, 0.05) is 19.3 Å². The van der Waals surface area contributed by atoms with E-state index in [0.29, 0.717) is 0 Å². The van der Waals surface area contributed by atoms with Gasteiger partial charge in [0.25, 0.3) is 0 Å². The van der Waals surface area contributed by atoms with Gasteiger partial charge < -0.3 is 5.32 Å². The van der Waals surface area contributed by atoms with Crippen LogP contribution in [0.3, 0.4) is 0 Å². The Balaban J connectivity index is 2.77. The highest BCUT2D eigenvalue weighted by Crippen LogP contribution is 2.17. The molecule has 2 nitrogen and oxygen atoms in total. The van der Waals surface area contributed by atoms with Gasteiger partial charge in [-0.05, 0) is 37.2 Å². The van der Waals surface area contributed by atoms with Crippen molar-refractivity contribution in [2.24, 2.45) is 0 Å². The summed E-state index contributed by atoms with van der Waals surface area (Å²) in [5.74, 6) is 0. The van der Waals surface area contributed by atoms with Crippen molar-refractivity contribution < 1.29 is 0 Å². The van der Waals surface area contributed by atoms with Crippen LogP contribution in [0.4, 0.5) is 5.69 Å². The monoisotopic (exact) mass is 206 g/mol. The molecule has 0 spiro atoms. The molecule has 0 saturated carbocycles. The van der Waals surface area contributed by atoms with Crippen LogP contribution in [0.15, 0.2) is 18.2 Å². The minimum atomic E-state index is 1.04. The zero-order valence-electron chi connectivity index (χ0n) is 10.3. The van der Waals surface area contributed by atoms with Gasteiger partial charge in [0.05, 0.1) is 0 Å². The first kappa shape index (κ1) is 12.1. The second-order valence-corrected chi connectivity index (χ2v) is 3.86. The molecular formula is C13H22N2. The Labute approximate surface area is 93.3 Å². The SMILES string of the molecule is CCN(CC)Cc1ccc(C)c(NC)c1. The summed E-state index contributed by atoms with van der Waals surface area (Å²) < 4.78 is 0. The van der Waals surface area contributed by atoms with Crippen LogP contribution >= 0.6 is 0 Å². The number of nitrogens with one attached hydrogen (secondary N) is 1. The molecule has 0 aliphatic rings. The van der Waals surface area contributed by atoms with Gasteiger partial charge in [-0.2, -0.15) is 0 Å². The van der Waals surface area contributed by atoms with E-state index in [1.54, 1.807) is 0 Å². The quantitative estimate of drug-likeness (QED) is 0.797. The second kappa shape index (κ2) is 5.76. The van der Waals surface area contributed by atoms with E-state index in [-0.39, 0.29) is 0 Å². The van der Waals surface area contributed by atoms with E-state index in [0.717, 1.165) is 19.6 Å². The number of hydrogen-bond donors (Lipinski definition) is 1. The summed E-state index contributed by atoms with van der Waals surface area (Å²) in [5, 5.41) is 3.23. The summed E-state index contributed by atoms with van der Waals surface area (Å²) >= 11 is 0. The lowest BCUT2D eigenvalue weighted by Crippen LogP contribution is -2.22. The molecule has 1 N–H and O–H groups in total. The summed E-state index contributed by atoms with van der Waals surface area (Å²) in [6.45, 7) is 9.81. The highest BCUT2D eigenvalue weighted by Gasteiger charge is 2.03. The number of nitrogens with zero attached hydrogens (tertiary/aromatic N) is 1. The maximum atomic E-state index is 3.23. The average Bonchev–Trinajstić information content (AvgIpc) is 2.28. The predicted octanol–water partition coefficient (Wildman–Crippen LogP) is 2.88. The van der Waals surface area contributed by atoms with Crippen LogP contribution in [0.2, 0.25) is 0 Å². The van der Waals surface area contributed by atoms with E-state index >= 15 is 0 Å². The number of hydrogen-bond acceptors (Lipinski definition) is 2. The first-order valence-corrected chi connectivity index (χ1v) is 5.70. The molecule has 0 aromatic heterocycles. The minimum Gasteiger partial charge on any atom is -0.388 e. The Bertz CT molecular complexity index is 303. The first-order chi connectivity index (χ1) is 7.21. The molecular weight excluding hydrogens is 184 g/mol. The van der Waals surface area contributed by atoms with Crippen molar-refractivity contribution in [3.05, 3.63) is 29.3 Å². The summed E-state index contributed by atoms with van der Waals surface area (Å²) in [6.07, 6.45) is 0. The highest BCUT2D eigenvalue weighted by atomic mass is 15.1. The molecule has 0 saturated heterocycles. The Hall–Kier alpha value is -1.02. The van der Waals surface area contributed by atoms with Crippen molar-refractivity contribution >= 4 is 5.69 Å². The van der Waals surface area contributed by atoms with Crippen molar-refractivity contribution in [1.29, 1.82) is 0 Å². The Morgan fingerprint density at radius 3 is 2.40 bits per heavy atom. The van der Waals surface area contributed by atoms with Gasteiger partial charge in [0.2, 0.25) is 0 Å². The fourth-order valence-electron chi connectivity index (χ4n) is 1.74. The molecule has 84 valence electrons. The van der Waals surface area contributed by atoms with Gasteiger partial charge in [0.1, 0.15) is 0 Å². The molecule has 0 heterocycles. The summed E-state index contributed by atoms with van der Waals surface area (Å²) in [4.78, 5) is 2.42. The Morgan fingerprint density at radius 2 is 1.87 bits per heavy atom. The fraction of sp³-hybridized carbons (Fsp3) is 0.538. The average molecular weight is 206 g/mol. The second-order valence-electron chi connectivity index (χ2n) is 3.86. The normalized spacial score (nSPS) is 10.7. The standard InChI is InChI=1S/C13H22N2/c1-5-15(6-2)10-12-8-7-11(3)13(9-12)14-4/h7-9,14H,5-6,10H2,1-4H3. The van der Waals surface area contributed by atoms with E-state index in [1.807, 2.05) is 7.05 Å². The number of rotatable bonds is 5. The highest BCUT2D eigenvalue weighted by molar-refractivity contribution is 5.52. The van der Waals surface area contributed by atoms with Crippen molar-refractivity contribution in [2.75, 3.05) is 25.5 Å². The van der Waals surface area contributed by atoms with Crippen LogP contribution in [-0.4, -0.2) is 25.0 Å². The third-order valence-electron chi connectivity index (χ3n) is 2.87. The summed E-state index contributed by atoms with van der Waals surface area (Å²) in [5.41, 5.74) is 3.93. The summed E-state index contributed by atoms with van der Waals surface area (Å²) in [7, 11) is 1.98. The van der Waals surface area contributed by atoms with Gasteiger partial charge in [0.15, 0.2) is 0 Å². The molecule has 0 fully saturated rings. The van der Waals surface area contributed by atoms with E-state index in [9.17, 15) is 0 Å². The van der Waals surface area contributed by atoms with E-state index in [1.165, 1.54) is 16.8 Å². The van der Waals surface area contributed by atoms with E-state index in [2.05, 4.69) is 49.2 Å². The maximum absolute atomic E-state index is 3.23. The molecule has 0 bridgehead atoms. The van der Waals surface area contributed by atoms with E-state index < -0.39 is 0 Å². The van der Waals surface area contributed by atoms with Gasteiger partial charge in [-0.1, -0.05) is 26.0 Å². The Kier molecular flexibility index (Phi) is 4.63. The molecule has 1 aromatic carbocycles. The van der Waals surface area contributed by atoms with Crippen LogP contribution < -0.4 is 5.32 Å². The molecule has 15 heavy (non-hydrogen) atoms. The van der Waals surface area contributed by atoms with Crippen LogP contribution in [-0.2, 0) is 6.54 Å². The zero-order chi connectivity index (χ0) is 11.3. The molecule has 1 rings (SSSR count). The minimum absolute atomic E-state index is 1.04. The smallest absolute Gasteiger partial charge is 0.0370 e. The lowest BCUT2D eigenvalue weighted by Gasteiger charge is -2.18. The van der Waals surface area contributed by atoms with Gasteiger partial charge >= 0.3 is 0 Å². The zero-order valence-corrected chi connectivity index (χ0v) is 10.3. The largest absolute Gasteiger partial charge is 0.388 e. The summed E-state index contributed by atoms with van der Waals surface area (Å²) in [6, 6.07) is 6.65. The van der Waals surface area contributed by atoms with Gasteiger partial charge in [-0.15, -0.1) is 0 Å². The molecule has 0 unspecified atom stereocenters.